The van der Waals surface area contributed by atoms with Gasteiger partial charge < -0.3 is 137 Å². The van der Waals surface area contributed by atoms with Gasteiger partial charge in [0, 0.05) is 25.8 Å². The fourth-order valence-corrected chi connectivity index (χ4v) is 12.8. The summed E-state index contributed by atoms with van der Waals surface area (Å²) in [7, 11) is 0. The highest BCUT2D eigenvalue weighted by Gasteiger charge is 2.43. The van der Waals surface area contributed by atoms with E-state index in [-0.39, 0.29) is 88.3 Å². The summed E-state index contributed by atoms with van der Waals surface area (Å²) in [6, 6.07) is -9.01. The summed E-state index contributed by atoms with van der Waals surface area (Å²) in [6.07, 6.45) is -6.27. The average molecular weight is 1750 g/mol. The van der Waals surface area contributed by atoms with Crippen LogP contribution < -0.4 is 91.6 Å². The molecular weight excluding hydrogens is 1630 g/mol. The first-order valence-electron chi connectivity index (χ1n) is 39.7. The van der Waals surface area contributed by atoms with Crippen molar-refractivity contribution in [3.8, 4) is 5.75 Å². The number of carbonyl (C=O) groups excluding carboxylic acids is 16. The van der Waals surface area contributed by atoms with Gasteiger partial charge in [-0.2, -0.15) is 11.8 Å². The normalized spacial score (nSPS) is 16.4. The molecular formula is C77H120N18O26S. The molecule has 680 valence electrons. The van der Waals surface area contributed by atoms with Crippen molar-refractivity contribution in [2.24, 2.45) is 29.0 Å². The third-order valence-electron chi connectivity index (χ3n) is 19.2. The summed E-state index contributed by atoms with van der Waals surface area (Å²) in [5.41, 5.74) is 18.3. The van der Waals surface area contributed by atoms with E-state index in [0.29, 0.717) is 11.1 Å². The number of unbranched alkanes of at least 4 members (excludes halogenated alkanes) is 1. The van der Waals surface area contributed by atoms with Crippen molar-refractivity contribution in [2.45, 2.75) is 235 Å². The molecule has 0 bridgehead atoms. The van der Waals surface area contributed by atoms with Crippen LogP contribution in [-0.2, 0) is 99.1 Å². The Morgan fingerprint density at radius 2 is 0.926 bits per heavy atom. The van der Waals surface area contributed by atoms with Crippen molar-refractivity contribution >= 4 is 118 Å². The summed E-state index contributed by atoms with van der Waals surface area (Å²) >= 11 is 1.24. The fourth-order valence-electron chi connectivity index (χ4n) is 12.4. The van der Waals surface area contributed by atoms with Crippen LogP contribution in [0.25, 0.3) is 0 Å². The van der Waals surface area contributed by atoms with Gasteiger partial charge in [-0.1, -0.05) is 70.2 Å². The Labute approximate surface area is 708 Å². The molecule has 122 heavy (non-hydrogen) atoms. The Bertz CT molecular complexity index is 3880. The van der Waals surface area contributed by atoms with E-state index >= 15 is 0 Å². The van der Waals surface area contributed by atoms with Gasteiger partial charge in [0.25, 0.3) is 0 Å². The highest BCUT2D eigenvalue weighted by Crippen LogP contribution is 2.22. The van der Waals surface area contributed by atoms with Crippen molar-refractivity contribution in [1.82, 2.24) is 79.3 Å². The number of aromatic hydroxyl groups is 1. The first-order valence-corrected chi connectivity index (χ1v) is 41.1. The van der Waals surface area contributed by atoms with E-state index in [0.717, 1.165) is 25.7 Å². The quantitative estimate of drug-likeness (QED) is 0.0274. The molecule has 2 aromatic rings. The second-order valence-electron chi connectivity index (χ2n) is 30.1. The van der Waals surface area contributed by atoms with Crippen LogP contribution in [0.2, 0.25) is 0 Å². The summed E-state index contributed by atoms with van der Waals surface area (Å²) in [5.74, 6) is -20.6. The van der Waals surface area contributed by atoms with Crippen molar-refractivity contribution in [3.63, 3.8) is 0 Å². The predicted molar refractivity (Wildman–Crippen MR) is 436 cm³/mol. The number of carbonyl (C=O) groups is 18. The molecule has 28 N–H and O–H groups in total. The molecule has 0 radical (unpaired) electrons. The zero-order chi connectivity index (χ0) is 91.8. The lowest BCUT2D eigenvalue weighted by Gasteiger charge is -2.32. The van der Waals surface area contributed by atoms with Gasteiger partial charge >= 0.3 is 11.9 Å². The first-order chi connectivity index (χ1) is 57.5. The molecule has 1 aliphatic heterocycles. The number of thioether (sulfide) groups is 1. The molecule has 0 unspecified atom stereocenters. The molecule has 0 saturated carbocycles. The highest BCUT2D eigenvalue weighted by molar-refractivity contribution is 7.98. The van der Waals surface area contributed by atoms with Crippen LogP contribution in [0.4, 0.5) is 0 Å². The second kappa shape index (κ2) is 53.5. The van der Waals surface area contributed by atoms with E-state index in [1.54, 1.807) is 76.4 Å². The minimum Gasteiger partial charge on any atom is -0.508 e. The SMILES string of the molecule is CSCC[C@H](NC(=O)[C@H](Cc1ccccc1)NC(=O)CNC(=O)CNC(=O)[C@@H](N)Cc1ccc(O)cc1)C(=O)N[C@H](C(=O)N[C@@H](CO)C(=O)N[C@@H](CCC(=O)O)C(=O)N[C@@H](CCCCN)C(=O)N[C@@H](CO)C(=O)N[C@@H](CCC(N)=O)C(=O)N[C@H](C(=O)N1CCC[C@H]1C(=O)N[C@@H](CC(C)C)C(=O)N[C@H](C(=O)N[C@H](C(=O)O)[C@@H](C)O)C(C)C)[C@@H](C)O)[C@@H](C)O. The molecule has 1 fully saturated rings. The number of nitrogens with zero attached hydrogens (tertiary/aromatic N) is 1. The zero-order valence-corrected chi connectivity index (χ0v) is 70.1. The summed E-state index contributed by atoms with van der Waals surface area (Å²) in [6.45, 7) is 5.99. The summed E-state index contributed by atoms with van der Waals surface area (Å²) in [4.78, 5) is 245. The summed E-state index contributed by atoms with van der Waals surface area (Å²) < 4.78 is 0. The van der Waals surface area contributed by atoms with Gasteiger partial charge in [-0.05, 0) is 139 Å². The minimum atomic E-state index is -2.05. The van der Waals surface area contributed by atoms with Crippen LogP contribution in [0.5, 0.6) is 5.75 Å². The number of aliphatic hydroxyl groups is 5. The second-order valence-corrected chi connectivity index (χ2v) is 31.1. The number of nitrogens with one attached hydrogen (secondary N) is 14. The van der Waals surface area contributed by atoms with Gasteiger partial charge in [-0.15, -0.1) is 0 Å². The number of hydrogen-bond donors (Lipinski definition) is 25. The zero-order valence-electron chi connectivity index (χ0n) is 69.3. The Hall–Kier alpha value is -11.2. The van der Waals surface area contributed by atoms with Crippen LogP contribution >= 0.6 is 11.8 Å². The van der Waals surface area contributed by atoms with E-state index in [1.807, 2.05) is 0 Å². The molecule has 1 aliphatic rings. The maximum Gasteiger partial charge on any atom is 0.328 e. The lowest BCUT2D eigenvalue weighted by molar-refractivity contribution is -0.145. The third-order valence-corrected chi connectivity index (χ3v) is 19.8. The standard InChI is InChI=1S/C77H120N18O26S/c1-38(2)31-51(70(113)91-60(39(3)4)74(117)94-63(42(7)100)77(120)121)88-73(116)55-18-14-29-95(55)76(119)62(41(6)99)93-67(110)48(23-25-56(80)102)85-71(114)53(36-96)89-65(108)47(17-12-13-28-78)84-66(109)49(24-26-59(105)106)86-72(115)54(37-97)90-75(118)61(40(5)98)92-68(111)50(27-30-122-8)87-69(112)52(33-43-15-10-9-11-16-43)83-58(104)35-81-57(103)34-82-64(107)46(79)32-44-19-21-45(101)22-20-44/h9-11,15-16,19-22,38-42,46-55,60-63,96-101H,12-14,17-18,23-37,78-79H2,1-8H3,(H2,80,102)(H,81,103)(H,82,107)(H,83,104)(H,84,109)(H,85,114)(H,86,115)(H,87,112)(H,88,116)(H,89,108)(H,90,118)(H,91,113)(H,92,111)(H,93,110)(H,94,117)(H,105,106)(H,120,121)/t40-,41-,42-,46+,47+,48+,49+,50+,51+,52+,53+,54+,55+,60+,61+,62+,63+/m1/s1. The van der Waals surface area contributed by atoms with Gasteiger partial charge in [0.1, 0.15) is 78.3 Å². The number of benzene rings is 2. The highest BCUT2D eigenvalue weighted by atomic mass is 32.2. The van der Waals surface area contributed by atoms with Crippen LogP contribution in [0.1, 0.15) is 130 Å². The number of carboxylic acids is 2. The smallest absolute Gasteiger partial charge is 0.328 e. The van der Waals surface area contributed by atoms with Gasteiger partial charge in [0.2, 0.25) is 94.5 Å². The molecule has 17 atom stereocenters. The number of phenols is 1. The number of carboxylic acid groups (broad SMARTS) is 2. The van der Waals surface area contributed by atoms with Crippen LogP contribution in [-0.4, -0.2) is 307 Å². The molecule has 45 heteroatoms. The molecule has 1 saturated heterocycles. The van der Waals surface area contributed by atoms with Gasteiger partial charge in [-0.25, -0.2) is 4.79 Å². The van der Waals surface area contributed by atoms with Crippen molar-refractivity contribution in [1.29, 1.82) is 0 Å². The van der Waals surface area contributed by atoms with Crippen molar-refractivity contribution in [3.05, 3.63) is 65.7 Å². The Balaban J connectivity index is 1.81. The minimum absolute atomic E-state index is 0.00272. The number of rotatable bonds is 55. The Morgan fingerprint density at radius 3 is 1.43 bits per heavy atom. The fraction of sp³-hybridized carbons (Fsp3) is 0.610. The molecule has 1 heterocycles. The third kappa shape index (κ3) is 36.6. The number of nitrogens with two attached hydrogens (primary N) is 3. The molecule has 44 nitrogen and oxygen atoms in total. The van der Waals surface area contributed by atoms with Crippen molar-refractivity contribution < 1.29 is 127 Å². The number of amides is 16. The maximum atomic E-state index is 14.4. The van der Waals surface area contributed by atoms with Gasteiger partial charge in [-0.3, -0.25) is 81.5 Å². The first kappa shape index (κ1) is 105. The maximum absolute atomic E-state index is 14.4. The van der Waals surface area contributed by atoms with Gasteiger partial charge in [0.05, 0.1) is 50.7 Å². The average Bonchev–Trinajstić information content (AvgIpc) is 1.63. The van der Waals surface area contributed by atoms with E-state index < -0.39 is 267 Å². The predicted octanol–water partition coefficient (Wildman–Crippen LogP) is -8.53. The van der Waals surface area contributed by atoms with E-state index in [9.17, 15) is 127 Å². The molecule has 2 aromatic carbocycles. The van der Waals surface area contributed by atoms with Crippen LogP contribution in [0, 0.1) is 11.8 Å². The largest absolute Gasteiger partial charge is 0.508 e. The lowest BCUT2D eigenvalue weighted by atomic mass is 9.99. The molecule has 3 rings (SSSR count). The number of aliphatic hydroxyl groups excluding tert-OH is 5. The van der Waals surface area contributed by atoms with E-state index in [2.05, 4.69) is 74.4 Å². The van der Waals surface area contributed by atoms with Crippen LogP contribution in [0.3, 0.4) is 0 Å². The monoisotopic (exact) mass is 1740 g/mol. The number of aliphatic carboxylic acids is 2. The van der Waals surface area contributed by atoms with E-state index in [4.69, 9.17) is 17.2 Å². The molecule has 0 spiro atoms. The Kier molecular flexibility index (Phi) is 46.0. The molecule has 0 aliphatic carbocycles. The number of likely N-dealkylation sites (tertiary alicyclic amines) is 1. The molecule has 0 aromatic heterocycles. The number of primary amides is 1. The number of phenolic OH excluding ortho intramolecular Hbond substituents is 1. The van der Waals surface area contributed by atoms with Crippen LogP contribution in [0.15, 0.2) is 54.6 Å². The Morgan fingerprint density at radius 1 is 0.475 bits per heavy atom. The topological polar surface area (TPSA) is 719 Å². The van der Waals surface area contributed by atoms with E-state index in [1.165, 1.54) is 23.9 Å². The number of hydrogen-bond acceptors (Lipinski definition) is 27. The lowest BCUT2D eigenvalue weighted by Crippen LogP contribution is -2.63. The summed E-state index contributed by atoms with van der Waals surface area (Å²) in [5, 5.41) is 115. The molecule has 16 amide bonds. The van der Waals surface area contributed by atoms with Crippen molar-refractivity contribution in [2.75, 3.05) is 51.4 Å². The van der Waals surface area contributed by atoms with Gasteiger partial charge in [0.15, 0.2) is 6.04 Å².